The molecule has 0 bridgehead atoms. The Morgan fingerprint density at radius 3 is 2.38 bits per heavy atom. The monoisotopic (exact) mass is 436 g/mol. The highest BCUT2D eigenvalue weighted by atomic mass is 16.5. The first-order valence-corrected chi connectivity index (χ1v) is 11.7. The lowest BCUT2D eigenvalue weighted by molar-refractivity contribution is 0.0600. The van der Waals surface area contributed by atoms with Gasteiger partial charge in [0.1, 0.15) is 11.5 Å². The Labute approximate surface area is 191 Å². The van der Waals surface area contributed by atoms with Crippen molar-refractivity contribution in [1.82, 2.24) is 9.47 Å². The number of fused-ring (bicyclic) bond motifs is 1. The Bertz CT molecular complexity index is 1050. The fourth-order valence-corrected chi connectivity index (χ4v) is 4.34. The van der Waals surface area contributed by atoms with Gasteiger partial charge in [0.2, 0.25) is 0 Å². The summed E-state index contributed by atoms with van der Waals surface area (Å²) < 4.78 is 13.3. The Hall–Kier alpha value is -2.79. The van der Waals surface area contributed by atoms with Crippen LogP contribution in [0.3, 0.4) is 0 Å². The molecule has 1 aromatic heterocycles. The van der Waals surface area contributed by atoms with Crippen molar-refractivity contribution in [3.8, 4) is 11.5 Å². The third kappa shape index (κ3) is 5.52. The van der Waals surface area contributed by atoms with Crippen molar-refractivity contribution in [2.75, 3.05) is 26.7 Å². The van der Waals surface area contributed by atoms with E-state index in [1.807, 2.05) is 12.1 Å². The van der Waals surface area contributed by atoms with E-state index in [-0.39, 0.29) is 5.97 Å². The number of benzene rings is 2. The van der Waals surface area contributed by atoms with Crippen LogP contribution in [0.5, 0.6) is 11.5 Å². The predicted molar refractivity (Wildman–Crippen MR) is 131 cm³/mol. The number of hydrogen-bond donors (Lipinski definition) is 0. The van der Waals surface area contributed by atoms with Gasteiger partial charge in [0.15, 0.2) is 0 Å². The number of ether oxygens (including phenoxy) is 2. The number of nitrogens with zero attached hydrogens (tertiary/aromatic N) is 2. The van der Waals surface area contributed by atoms with Crippen molar-refractivity contribution < 1.29 is 14.3 Å². The molecule has 5 heteroatoms. The molecule has 0 fully saturated rings. The number of aryl methyl sites for hydroxylation is 2. The van der Waals surface area contributed by atoms with Crippen LogP contribution in [0.1, 0.15) is 54.7 Å². The molecular formula is C27H36N2O3. The molecule has 2 aromatic carbocycles. The summed E-state index contributed by atoms with van der Waals surface area (Å²) in [5, 5.41) is 1.21. The van der Waals surface area contributed by atoms with Crippen LogP contribution in [0, 0.1) is 13.8 Å². The zero-order valence-corrected chi connectivity index (χ0v) is 20.1. The van der Waals surface area contributed by atoms with E-state index in [9.17, 15) is 4.79 Å². The Morgan fingerprint density at radius 1 is 0.969 bits per heavy atom. The van der Waals surface area contributed by atoms with Crippen LogP contribution < -0.4 is 4.74 Å². The van der Waals surface area contributed by atoms with Gasteiger partial charge >= 0.3 is 5.97 Å². The van der Waals surface area contributed by atoms with E-state index in [2.05, 4.69) is 49.3 Å². The summed E-state index contributed by atoms with van der Waals surface area (Å²) in [4.78, 5) is 14.4. The fraction of sp³-hybridized carbons (Fsp3) is 0.444. The second-order valence-electron chi connectivity index (χ2n) is 8.36. The lowest BCUT2D eigenvalue weighted by Gasteiger charge is -2.21. The van der Waals surface area contributed by atoms with Crippen molar-refractivity contribution in [2.24, 2.45) is 0 Å². The van der Waals surface area contributed by atoms with Crippen molar-refractivity contribution in [3.63, 3.8) is 0 Å². The maximum atomic E-state index is 11.8. The highest BCUT2D eigenvalue weighted by molar-refractivity contribution is 5.90. The van der Waals surface area contributed by atoms with Crippen LogP contribution in [-0.2, 0) is 11.3 Å². The Morgan fingerprint density at radius 2 is 1.69 bits per heavy atom. The molecule has 172 valence electrons. The summed E-state index contributed by atoms with van der Waals surface area (Å²) >= 11 is 0. The summed E-state index contributed by atoms with van der Waals surface area (Å²) in [6, 6.07) is 13.3. The maximum absolute atomic E-state index is 11.8. The summed E-state index contributed by atoms with van der Waals surface area (Å²) in [6.07, 6.45) is 3.55. The molecule has 0 saturated carbocycles. The molecule has 0 radical (unpaired) electrons. The van der Waals surface area contributed by atoms with Crippen LogP contribution in [0.2, 0.25) is 0 Å². The van der Waals surface area contributed by atoms with Crippen molar-refractivity contribution >= 4 is 16.9 Å². The largest absolute Gasteiger partial charge is 0.465 e. The van der Waals surface area contributed by atoms with E-state index in [4.69, 9.17) is 9.47 Å². The normalized spacial score (nSPS) is 11.3. The number of carbonyl (C=O) groups excluding carboxylic acids is 1. The van der Waals surface area contributed by atoms with Gasteiger partial charge in [-0.15, -0.1) is 0 Å². The zero-order chi connectivity index (χ0) is 23.1. The van der Waals surface area contributed by atoms with E-state index >= 15 is 0 Å². The molecule has 5 nitrogen and oxygen atoms in total. The summed E-state index contributed by atoms with van der Waals surface area (Å²) in [6.45, 7) is 13.4. The molecule has 0 spiro atoms. The molecule has 0 saturated heterocycles. The van der Waals surface area contributed by atoms with Crippen molar-refractivity contribution in [2.45, 2.75) is 53.5 Å². The summed E-state index contributed by atoms with van der Waals surface area (Å²) in [5.74, 6) is 1.01. The van der Waals surface area contributed by atoms with E-state index in [0.29, 0.717) is 11.3 Å². The Kier molecular flexibility index (Phi) is 8.34. The molecule has 1 heterocycles. The average Bonchev–Trinajstić information content (AvgIpc) is 3.03. The fourth-order valence-electron chi connectivity index (χ4n) is 4.34. The van der Waals surface area contributed by atoms with Gasteiger partial charge in [-0.1, -0.05) is 19.9 Å². The van der Waals surface area contributed by atoms with Crippen molar-refractivity contribution in [1.29, 1.82) is 0 Å². The minimum atomic E-state index is -0.370. The molecular weight excluding hydrogens is 400 g/mol. The molecule has 3 aromatic rings. The van der Waals surface area contributed by atoms with Gasteiger partial charge in [0, 0.05) is 23.1 Å². The van der Waals surface area contributed by atoms with E-state index in [0.717, 1.165) is 25.3 Å². The average molecular weight is 437 g/mol. The molecule has 32 heavy (non-hydrogen) atoms. The third-order valence-corrected chi connectivity index (χ3v) is 6.04. The van der Waals surface area contributed by atoms with Gasteiger partial charge in [-0.3, -0.25) is 0 Å². The quantitative estimate of drug-likeness (QED) is 0.329. The predicted octanol–water partition coefficient (Wildman–Crippen LogP) is 6.35. The smallest absolute Gasteiger partial charge is 0.337 e. The van der Waals surface area contributed by atoms with Gasteiger partial charge in [-0.25, -0.2) is 4.79 Å². The molecule has 0 aliphatic rings. The molecule has 0 amide bonds. The molecule has 0 aliphatic heterocycles. The van der Waals surface area contributed by atoms with Crippen LogP contribution in [0.15, 0.2) is 42.5 Å². The number of carbonyl (C=O) groups is 1. The summed E-state index contributed by atoms with van der Waals surface area (Å²) in [5.41, 5.74) is 4.31. The van der Waals surface area contributed by atoms with Gasteiger partial charge < -0.3 is 18.9 Å². The van der Waals surface area contributed by atoms with Gasteiger partial charge in [-0.05, 0) is 94.7 Å². The molecule has 0 unspecified atom stereocenters. The maximum Gasteiger partial charge on any atom is 0.337 e. The minimum absolute atomic E-state index is 0.370. The zero-order valence-electron chi connectivity index (χ0n) is 20.1. The van der Waals surface area contributed by atoms with Gasteiger partial charge in [0.25, 0.3) is 0 Å². The summed E-state index contributed by atoms with van der Waals surface area (Å²) in [7, 11) is 1.38. The van der Waals surface area contributed by atoms with Gasteiger partial charge in [0.05, 0.1) is 12.7 Å². The number of aromatic nitrogens is 1. The first-order chi connectivity index (χ1) is 15.5. The highest BCUT2D eigenvalue weighted by Gasteiger charge is 2.13. The molecule has 0 aliphatic carbocycles. The standard InChI is InChI=1S/C27H36N2O3/c1-6-14-28(15-7-2)16-9-17-29-21(4)20(3)25-19-24(12-13-26(25)29)32-23-11-8-10-22(18-23)27(30)31-5/h8,10-13,18-19H,6-7,9,14-17H2,1-5H3. The van der Waals surface area contributed by atoms with Crippen LogP contribution in [-0.4, -0.2) is 42.2 Å². The van der Waals surface area contributed by atoms with Crippen LogP contribution in [0.25, 0.3) is 10.9 Å². The topological polar surface area (TPSA) is 43.7 Å². The molecule has 3 rings (SSSR count). The Balaban J connectivity index is 1.77. The SMILES string of the molecule is CCCN(CCC)CCCn1c(C)c(C)c2cc(Oc3cccc(C(=O)OC)c3)ccc21. The first kappa shape index (κ1) is 23.9. The minimum Gasteiger partial charge on any atom is -0.465 e. The second kappa shape index (κ2) is 11.2. The van der Waals surface area contributed by atoms with E-state index < -0.39 is 0 Å². The number of methoxy groups -OCH3 is 1. The number of rotatable bonds is 11. The molecule has 0 atom stereocenters. The van der Waals surface area contributed by atoms with Gasteiger partial charge in [-0.2, -0.15) is 0 Å². The van der Waals surface area contributed by atoms with E-state index in [1.54, 1.807) is 18.2 Å². The van der Waals surface area contributed by atoms with Crippen LogP contribution >= 0.6 is 0 Å². The lowest BCUT2D eigenvalue weighted by atomic mass is 10.1. The second-order valence-corrected chi connectivity index (χ2v) is 8.36. The lowest BCUT2D eigenvalue weighted by Crippen LogP contribution is -2.27. The van der Waals surface area contributed by atoms with Crippen molar-refractivity contribution in [3.05, 3.63) is 59.3 Å². The molecule has 0 N–H and O–H groups in total. The number of esters is 1. The third-order valence-electron chi connectivity index (χ3n) is 6.04. The van der Waals surface area contributed by atoms with Crippen LogP contribution in [0.4, 0.5) is 0 Å². The highest BCUT2D eigenvalue weighted by Crippen LogP contribution is 2.31. The first-order valence-electron chi connectivity index (χ1n) is 11.7. The number of hydrogen-bond acceptors (Lipinski definition) is 4. The van der Waals surface area contributed by atoms with E-state index in [1.165, 1.54) is 55.2 Å².